The van der Waals surface area contributed by atoms with Gasteiger partial charge in [0.25, 0.3) is 0 Å². The van der Waals surface area contributed by atoms with E-state index in [1.54, 1.807) is 0 Å². The molecule has 4 nitrogen and oxygen atoms in total. The van der Waals surface area contributed by atoms with Crippen LogP contribution in [0.25, 0.3) is 0 Å². The van der Waals surface area contributed by atoms with Crippen LogP contribution in [-0.4, -0.2) is 49.5 Å². The zero-order chi connectivity index (χ0) is 17.2. The summed E-state index contributed by atoms with van der Waals surface area (Å²) in [7, 11) is 0. The van der Waals surface area contributed by atoms with E-state index < -0.39 is 0 Å². The van der Waals surface area contributed by atoms with E-state index in [1.165, 1.54) is 0 Å². The van der Waals surface area contributed by atoms with E-state index in [9.17, 15) is 5.11 Å². The molecular formula is C20H27NO3. The second kappa shape index (κ2) is 9.96. The van der Waals surface area contributed by atoms with Crippen LogP contribution in [-0.2, 0) is 0 Å². The zero-order valence-corrected chi connectivity index (χ0v) is 14.6. The normalized spacial score (nSPS) is 10.8. The third-order valence-corrected chi connectivity index (χ3v) is 3.93. The number of aliphatic hydroxyl groups is 1. The molecule has 0 aliphatic heterocycles. The monoisotopic (exact) mass is 329 g/mol. The van der Waals surface area contributed by atoms with Crippen molar-refractivity contribution in [3.63, 3.8) is 0 Å². The van der Waals surface area contributed by atoms with Crippen molar-refractivity contribution in [1.82, 2.24) is 4.90 Å². The van der Waals surface area contributed by atoms with E-state index in [0.717, 1.165) is 35.7 Å². The van der Waals surface area contributed by atoms with Gasteiger partial charge in [0.2, 0.25) is 0 Å². The van der Waals surface area contributed by atoms with Gasteiger partial charge < -0.3 is 14.6 Å². The summed E-state index contributed by atoms with van der Waals surface area (Å²) in [5.41, 5.74) is 2.27. The summed E-state index contributed by atoms with van der Waals surface area (Å²) in [5, 5.41) is 9.23. The lowest BCUT2D eigenvalue weighted by atomic mass is 10.2. The maximum absolute atomic E-state index is 9.23. The molecule has 0 bridgehead atoms. The van der Waals surface area contributed by atoms with Crippen LogP contribution in [0.4, 0.5) is 0 Å². The Balaban J connectivity index is 1.75. The molecule has 0 saturated carbocycles. The summed E-state index contributed by atoms with van der Waals surface area (Å²) in [6.45, 7) is 7.53. The summed E-state index contributed by atoms with van der Waals surface area (Å²) in [5.74, 6) is 1.83. The average Bonchev–Trinajstić information content (AvgIpc) is 2.58. The van der Waals surface area contributed by atoms with Crippen molar-refractivity contribution in [1.29, 1.82) is 0 Å². The molecule has 0 radical (unpaired) electrons. The van der Waals surface area contributed by atoms with Gasteiger partial charge >= 0.3 is 0 Å². The predicted molar refractivity (Wildman–Crippen MR) is 96.9 cm³/mol. The molecule has 0 spiro atoms. The number of benzene rings is 2. The lowest BCUT2D eigenvalue weighted by Gasteiger charge is -2.22. The van der Waals surface area contributed by atoms with Crippen LogP contribution in [0.1, 0.15) is 11.1 Å². The smallest absolute Gasteiger partial charge is 0.122 e. The number of para-hydroxylation sites is 2. The molecule has 0 atom stereocenters. The SMILES string of the molecule is Cc1ccccc1OCCN(CCO)CCOc1ccccc1C. The first-order valence-electron chi connectivity index (χ1n) is 8.41. The van der Waals surface area contributed by atoms with Gasteiger partial charge in [-0.15, -0.1) is 0 Å². The first-order valence-corrected chi connectivity index (χ1v) is 8.41. The number of rotatable bonds is 10. The fraction of sp³-hybridized carbons (Fsp3) is 0.400. The Hall–Kier alpha value is -2.04. The molecule has 0 heterocycles. The van der Waals surface area contributed by atoms with Crippen LogP contribution in [0.5, 0.6) is 11.5 Å². The van der Waals surface area contributed by atoms with Crippen molar-refractivity contribution >= 4 is 0 Å². The van der Waals surface area contributed by atoms with Gasteiger partial charge in [0, 0.05) is 19.6 Å². The van der Waals surface area contributed by atoms with Crippen molar-refractivity contribution < 1.29 is 14.6 Å². The van der Waals surface area contributed by atoms with Crippen LogP contribution in [0.2, 0.25) is 0 Å². The number of aryl methyl sites for hydroxylation is 2. The van der Waals surface area contributed by atoms with Crippen molar-refractivity contribution in [3.8, 4) is 11.5 Å². The standard InChI is InChI=1S/C20H27NO3/c1-17-7-3-5-9-19(17)23-15-12-21(11-14-22)13-16-24-20-10-6-4-8-18(20)2/h3-10,22H,11-16H2,1-2H3. The molecule has 0 amide bonds. The summed E-state index contributed by atoms with van der Waals surface area (Å²) < 4.78 is 11.7. The van der Waals surface area contributed by atoms with E-state index in [-0.39, 0.29) is 6.61 Å². The largest absolute Gasteiger partial charge is 0.492 e. The van der Waals surface area contributed by atoms with E-state index in [2.05, 4.69) is 4.90 Å². The molecule has 4 heteroatoms. The second-order valence-corrected chi connectivity index (χ2v) is 5.79. The van der Waals surface area contributed by atoms with Gasteiger partial charge in [0.05, 0.1) is 6.61 Å². The lowest BCUT2D eigenvalue weighted by Crippen LogP contribution is -2.34. The van der Waals surface area contributed by atoms with Gasteiger partial charge in [-0.2, -0.15) is 0 Å². The Kier molecular flexibility index (Phi) is 7.59. The Morgan fingerprint density at radius 3 is 1.62 bits per heavy atom. The first kappa shape index (κ1) is 18.3. The molecule has 0 unspecified atom stereocenters. The zero-order valence-electron chi connectivity index (χ0n) is 14.6. The third-order valence-electron chi connectivity index (χ3n) is 3.93. The summed E-state index contributed by atoms with van der Waals surface area (Å²) >= 11 is 0. The molecule has 2 rings (SSSR count). The van der Waals surface area contributed by atoms with E-state index in [0.29, 0.717) is 19.8 Å². The molecule has 130 valence electrons. The van der Waals surface area contributed by atoms with E-state index in [1.807, 2.05) is 62.4 Å². The van der Waals surface area contributed by atoms with Crippen LogP contribution in [0, 0.1) is 13.8 Å². The highest BCUT2D eigenvalue weighted by Gasteiger charge is 2.06. The predicted octanol–water partition coefficient (Wildman–Crippen LogP) is 3.06. The van der Waals surface area contributed by atoms with Gasteiger partial charge in [-0.3, -0.25) is 4.90 Å². The Bertz CT molecular complexity index is 564. The number of hydrogen-bond acceptors (Lipinski definition) is 4. The third kappa shape index (κ3) is 5.87. The fourth-order valence-corrected chi connectivity index (χ4v) is 2.48. The van der Waals surface area contributed by atoms with Crippen molar-refractivity contribution in [2.75, 3.05) is 39.5 Å². The second-order valence-electron chi connectivity index (χ2n) is 5.79. The van der Waals surface area contributed by atoms with Gasteiger partial charge in [-0.1, -0.05) is 36.4 Å². The molecular weight excluding hydrogens is 302 g/mol. The summed E-state index contributed by atoms with van der Waals surface area (Å²) in [6, 6.07) is 16.0. The molecule has 0 fully saturated rings. The van der Waals surface area contributed by atoms with Crippen molar-refractivity contribution in [2.45, 2.75) is 13.8 Å². The highest BCUT2D eigenvalue weighted by Crippen LogP contribution is 2.17. The van der Waals surface area contributed by atoms with Crippen molar-refractivity contribution in [3.05, 3.63) is 59.7 Å². The van der Waals surface area contributed by atoms with Gasteiger partial charge in [-0.05, 0) is 37.1 Å². The van der Waals surface area contributed by atoms with E-state index in [4.69, 9.17) is 9.47 Å². The number of ether oxygens (including phenoxy) is 2. The molecule has 0 saturated heterocycles. The minimum absolute atomic E-state index is 0.134. The Labute approximate surface area is 144 Å². The van der Waals surface area contributed by atoms with Crippen LogP contribution < -0.4 is 9.47 Å². The fourth-order valence-electron chi connectivity index (χ4n) is 2.48. The lowest BCUT2D eigenvalue weighted by molar-refractivity contribution is 0.147. The number of aliphatic hydroxyl groups excluding tert-OH is 1. The number of hydrogen-bond donors (Lipinski definition) is 1. The maximum atomic E-state index is 9.23. The number of nitrogens with zero attached hydrogens (tertiary/aromatic N) is 1. The van der Waals surface area contributed by atoms with Crippen LogP contribution >= 0.6 is 0 Å². The highest BCUT2D eigenvalue weighted by molar-refractivity contribution is 5.32. The molecule has 0 aliphatic carbocycles. The van der Waals surface area contributed by atoms with Gasteiger partial charge in [0.15, 0.2) is 0 Å². The molecule has 0 aromatic heterocycles. The topological polar surface area (TPSA) is 41.9 Å². The molecule has 1 N–H and O–H groups in total. The van der Waals surface area contributed by atoms with Crippen LogP contribution in [0.3, 0.4) is 0 Å². The maximum Gasteiger partial charge on any atom is 0.122 e. The Morgan fingerprint density at radius 2 is 1.21 bits per heavy atom. The van der Waals surface area contributed by atoms with Gasteiger partial charge in [0.1, 0.15) is 24.7 Å². The molecule has 2 aromatic rings. The first-order chi connectivity index (χ1) is 11.7. The minimum Gasteiger partial charge on any atom is -0.492 e. The molecule has 2 aromatic carbocycles. The van der Waals surface area contributed by atoms with Gasteiger partial charge in [-0.25, -0.2) is 0 Å². The summed E-state index contributed by atoms with van der Waals surface area (Å²) in [4.78, 5) is 2.15. The van der Waals surface area contributed by atoms with E-state index >= 15 is 0 Å². The quantitative estimate of drug-likeness (QED) is 0.727. The van der Waals surface area contributed by atoms with Crippen LogP contribution in [0.15, 0.2) is 48.5 Å². The molecule has 24 heavy (non-hydrogen) atoms. The summed E-state index contributed by atoms with van der Waals surface area (Å²) in [6.07, 6.45) is 0. The molecule has 0 aliphatic rings. The Morgan fingerprint density at radius 1 is 0.750 bits per heavy atom. The minimum atomic E-state index is 0.134. The van der Waals surface area contributed by atoms with Crippen molar-refractivity contribution in [2.24, 2.45) is 0 Å². The highest BCUT2D eigenvalue weighted by atomic mass is 16.5. The average molecular weight is 329 g/mol.